The molecule has 1 amide bonds. The molecule has 3 aliphatic rings. The minimum atomic E-state index is -0.941. The highest BCUT2D eigenvalue weighted by atomic mass is 16.6. The van der Waals surface area contributed by atoms with E-state index >= 15 is 0 Å². The molecule has 1 atom stereocenters. The van der Waals surface area contributed by atoms with Crippen molar-refractivity contribution in [3.8, 4) is 5.75 Å². The summed E-state index contributed by atoms with van der Waals surface area (Å²) in [6.45, 7) is 7.49. The Kier molecular flexibility index (Phi) is 6.09. The Labute approximate surface area is 205 Å². The summed E-state index contributed by atoms with van der Waals surface area (Å²) in [6.07, 6.45) is 9.10. The van der Waals surface area contributed by atoms with E-state index in [2.05, 4.69) is 41.6 Å². The zero-order valence-electron chi connectivity index (χ0n) is 20.6. The monoisotopic (exact) mass is 479 g/mol. The summed E-state index contributed by atoms with van der Waals surface area (Å²) in [5.74, 6) is -0.0813. The van der Waals surface area contributed by atoms with Gasteiger partial charge >= 0.3 is 12.1 Å². The third-order valence-electron chi connectivity index (χ3n) is 7.56. The Morgan fingerprint density at radius 2 is 2.06 bits per heavy atom. The van der Waals surface area contributed by atoms with Gasteiger partial charge in [-0.1, -0.05) is 12.2 Å². The zero-order valence-corrected chi connectivity index (χ0v) is 20.6. The van der Waals surface area contributed by atoms with Crippen LogP contribution >= 0.6 is 0 Å². The second-order valence-electron chi connectivity index (χ2n) is 10.1. The van der Waals surface area contributed by atoms with E-state index in [1.165, 1.54) is 16.5 Å². The fourth-order valence-corrected chi connectivity index (χ4v) is 5.51. The van der Waals surface area contributed by atoms with Gasteiger partial charge in [-0.25, -0.2) is 9.59 Å². The maximum atomic E-state index is 12.7. The summed E-state index contributed by atoms with van der Waals surface area (Å²) in [5.41, 5.74) is 2.29. The fraction of sp³-hybridized carbons (Fsp3) is 0.481. The SMILES string of the molecule is COc1ccc2c(CN3CCC4(CC3)CN(C3C=CC(C(=O)O)=CC3)C(=O)O4)cn(C(C)C)c2c1. The summed E-state index contributed by atoms with van der Waals surface area (Å²) in [4.78, 5) is 28.0. The number of benzene rings is 1. The van der Waals surface area contributed by atoms with Crippen LogP contribution in [-0.4, -0.2) is 69.9 Å². The van der Waals surface area contributed by atoms with Crippen LogP contribution in [0.3, 0.4) is 0 Å². The largest absolute Gasteiger partial charge is 0.497 e. The molecule has 8 heteroatoms. The van der Waals surface area contributed by atoms with Crippen LogP contribution in [0, 0.1) is 0 Å². The Morgan fingerprint density at radius 1 is 1.29 bits per heavy atom. The van der Waals surface area contributed by atoms with E-state index in [4.69, 9.17) is 14.6 Å². The number of carboxylic acids is 1. The van der Waals surface area contributed by atoms with E-state index in [0.29, 0.717) is 19.0 Å². The summed E-state index contributed by atoms with van der Waals surface area (Å²) in [5, 5.41) is 10.4. The van der Waals surface area contributed by atoms with Crippen LogP contribution in [0.5, 0.6) is 5.75 Å². The Bertz CT molecular complexity index is 1200. The normalized spacial score (nSPS) is 22.2. The molecule has 1 aromatic heterocycles. The van der Waals surface area contributed by atoms with E-state index < -0.39 is 11.6 Å². The van der Waals surface area contributed by atoms with Crippen molar-refractivity contribution in [3.63, 3.8) is 0 Å². The molecule has 1 spiro atoms. The Hall–Kier alpha value is -3.26. The van der Waals surface area contributed by atoms with Crippen LogP contribution in [0.2, 0.25) is 0 Å². The number of carbonyl (C=O) groups is 2. The second kappa shape index (κ2) is 9.07. The van der Waals surface area contributed by atoms with Gasteiger partial charge in [0, 0.05) is 56.2 Å². The lowest BCUT2D eigenvalue weighted by atomic mass is 9.90. The number of hydrogen-bond donors (Lipinski definition) is 1. The lowest BCUT2D eigenvalue weighted by Crippen LogP contribution is -2.47. The summed E-state index contributed by atoms with van der Waals surface area (Å²) in [6, 6.07) is 6.46. The number of carboxylic acid groups (broad SMARTS) is 1. The molecule has 2 aliphatic heterocycles. The van der Waals surface area contributed by atoms with Crippen molar-refractivity contribution in [2.24, 2.45) is 0 Å². The summed E-state index contributed by atoms with van der Waals surface area (Å²) < 4.78 is 13.7. The number of rotatable bonds is 6. The van der Waals surface area contributed by atoms with E-state index in [-0.39, 0.29) is 17.7 Å². The van der Waals surface area contributed by atoms with Crippen molar-refractivity contribution in [3.05, 3.63) is 53.8 Å². The topological polar surface area (TPSA) is 84.2 Å². The standard InChI is InChI=1S/C27H33N3O5/c1-18(2)29-16-20(23-9-8-22(34-3)14-24(23)29)15-28-12-10-27(11-13-28)17-30(26(33)35-27)21-6-4-19(5-7-21)25(31)32/h4-6,8-9,14,16,18,21H,7,10-13,15,17H2,1-3H3,(H,31,32). The number of aliphatic carboxylic acids is 1. The average molecular weight is 480 g/mol. The third-order valence-corrected chi connectivity index (χ3v) is 7.56. The lowest BCUT2D eigenvalue weighted by Gasteiger charge is -2.37. The Morgan fingerprint density at radius 3 is 2.69 bits per heavy atom. The number of nitrogens with zero attached hydrogens (tertiary/aromatic N) is 3. The van der Waals surface area contributed by atoms with Gasteiger partial charge in [-0.2, -0.15) is 0 Å². The first-order valence-electron chi connectivity index (χ1n) is 12.3. The van der Waals surface area contributed by atoms with Crippen LogP contribution in [0.25, 0.3) is 10.9 Å². The highest BCUT2D eigenvalue weighted by Crippen LogP contribution is 2.37. The number of ether oxygens (including phenoxy) is 2. The number of fused-ring (bicyclic) bond motifs is 1. The lowest BCUT2D eigenvalue weighted by molar-refractivity contribution is -0.132. The molecule has 1 aliphatic carbocycles. The highest BCUT2D eigenvalue weighted by Gasteiger charge is 2.48. The second-order valence-corrected chi connectivity index (χ2v) is 10.1. The van der Waals surface area contributed by atoms with Crippen LogP contribution in [0.1, 0.15) is 44.7 Å². The first-order chi connectivity index (χ1) is 16.8. The van der Waals surface area contributed by atoms with Crippen molar-refractivity contribution in [1.29, 1.82) is 0 Å². The summed E-state index contributed by atoms with van der Waals surface area (Å²) in [7, 11) is 1.69. The van der Waals surface area contributed by atoms with E-state index in [9.17, 15) is 9.59 Å². The Balaban J connectivity index is 1.24. The third kappa shape index (κ3) is 4.43. The van der Waals surface area contributed by atoms with Crippen LogP contribution in [0.4, 0.5) is 4.79 Å². The molecule has 0 radical (unpaired) electrons. The molecule has 1 N–H and O–H groups in total. The number of aromatic nitrogens is 1. The van der Waals surface area contributed by atoms with Crippen molar-refractivity contribution < 1.29 is 24.2 Å². The maximum absolute atomic E-state index is 12.7. The van der Waals surface area contributed by atoms with Crippen LogP contribution in [0.15, 0.2) is 48.2 Å². The van der Waals surface area contributed by atoms with Gasteiger partial charge in [0.2, 0.25) is 0 Å². The van der Waals surface area contributed by atoms with Crippen LogP contribution in [-0.2, 0) is 16.1 Å². The molecule has 2 fully saturated rings. The van der Waals surface area contributed by atoms with Gasteiger partial charge < -0.3 is 19.1 Å². The molecule has 35 heavy (non-hydrogen) atoms. The van der Waals surface area contributed by atoms with Crippen molar-refractivity contribution in [1.82, 2.24) is 14.4 Å². The van der Waals surface area contributed by atoms with Gasteiger partial charge in [0.1, 0.15) is 11.4 Å². The molecule has 0 saturated carbocycles. The van der Waals surface area contributed by atoms with E-state index in [0.717, 1.165) is 38.2 Å². The molecule has 2 saturated heterocycles. The van der Waals surface area contributed by atoms with E-state index in [1.54, 1.807) is 30.2 Å². The summed E-state index contributed by atoms with van der Waals surface area (Å²) >= 11 is 0. The molecule has 5 rings (SSSR count). The molecule has 1 aromatic carbocycles. The quantitative estimate of drug-likeness (QED) is 0.663. The highest BCUT2D eigenvalue weighted by molar-refractivity contribution is 5.90. The zero-order chi connectivity index (χ0) is 24.7. The first-order valence-corrected chi connectivity index (χ1v) is 12.3. The molecule has 186 valence electrons. The molecular weight excluding hydrogens is 446 g/mol. The molecular formula is C27H33N3O5. The van der Waals surface area contributed by atoms with Crippen LogP contribution < -0.4 is 4.74 Å². The van der Waals surface area contributed by atoms with E-state index in [1.807, 2.05) is 6.07 Å². The fourth-order valence-electron chi connectivity index (χ4n) is 5.51. The van der Waals surface area contributed by atoms with Crippen molar-refractivity contribution in [2.45, 2.75) is 57.3 Å². The van der Waals surface area contributed by atoms with Gasteiger partial charge in [-0.3, -0.25) is 9.80 Å². The number of carbonyl (C=O) groups excluding carboxylic acids is 1. The van der Waals surface area contributed by atoms with Gasteiger partial charge in [-0.15, -0.1) is 0 Å². The molecule has 0 bridgehead atoms. The average Bonchev–Trinajstić information content (AvgIpc) is 3.37. The predicted molar refractivity (Wildman–Crippen MR) is 133 cm³/mol. The number of hydrogen-bond acceptors (Lipinski definition) is 5. The number of piperidine rings is 1. The van der Waals surface area contributed by atoms with Gasteiger partial charge in [0.25, 0.3) is 0 Å². The van der Waals surface area contributed by atoms with Gasteiger partial charge in [-0.05, 0) is 44.0 Å². The minimum Gasteiger partial charge on any atom is -0.497 e. The number of likely N-dealkylation sites (tertiary alicyclic amines) is 1. The van der Waals surface area contributed by atoms with Gasteiger partial charge in [0.05, 0.1) is 30.8 Å². The van der Waals surface area contributed by atoms with Gasteiger partial charge in [0.15, 0.2) is 0 Å². The van der Waals surface area contributed by atoms with Crippen molar-refractivity contribution >= 4 is 23.0 Å². The first kappa shape index (κ1) is 23.5. The number of methoxy groups -OCH3 is 1. The number of amides is 1. The smallest absolute Gasteiger partial charge is 0.411 e. The minimum absolute atomic E-state index is 0.151. The predicted octanol–water partition coefficient (Wildman–Crippen LogP) is 4.36. The molecule has 1 unspecified atom stereocenters. The molecule has 8 nitrogen and oxygen atoms in total. The maximum Gasteiger partial charge on any atom is 0.411 e. The molecule has 2 aromatic rings. The van der Waals surface area contributed by atoms with Crippen molar-refractivity contribution in [2.75, 3.05) is 26.7 Å². The molecule has 3 heterocycles.